The third-order valence-corrected chi connectivity index (χ3v) is 4.25. The number of nitrogens with two attached hydrogens (primary N) is 1. The zero-order valence-electron chi connectivity index (χ0n) is 11.2. The quantitative estimate of drug-likeness (QED) is 0.877. The highest BCUT2D eigenvalue weighted by Gasteiger charge is 2.23. The van der Waals surface area contributed by atoms with Crippen LogP contribution in [0.5, 0.6) is 0 Å². The number of aryl methyl sites for hydroxylation is 1. The summed E-state index contributed by atoms with van der Waals surface area (Å²) >= 11 is 1.44. The van der Waals surface area contributed by atoms with Crippen molar-refractivity contribution in [1.82, 2.24) is 0 Å². The van der Waals surface area contributed by atoms with Crippen LogP contribution in [0, 0.1) is 37.0 Å². The zero-order valence-corrected chi connectivity index (χ0v) is 12.0. The van der Waals surface area contributed by atoms with E-state index in [1.807, 2.05) is 27.7 Å². The Morgan fingerprint density at radius 3 is 2.56 bits per heavy atom. The van der Waals surface area contributed by atoms with Gasteiger partial charge in [-0.2, -0.15) is 5.26 Å². The van der Waals surface area contributed by atoms with E-state index in [0.717, 1.165) is 10.4 Å². The van der Waals surface area contributed by atoms with Crippen LogP contribution in [0.1, 0.15) is 29.9 Å². The Hall–Kier alpha value is -1.38. The van der Waals surface area contributed by atoms with Crippen molar-refractivity contribution in [3.8, 4) is 6.07 Å². The lowest BCUT2D eigenvalue weighted by molar-refractivity contribution is -0.120. The highest BCUT2D eigenvalue weighted by molar-refractivity contribution is 7.16. The van der Waals surface area contributed by atoms with E-state index in [9.17, 15) is 4.79 Å². The average Bonchev–Trinajstić information content (AvgIpc) is 2.54. The van der Waals surface area contributed by atoms with Crippen molar-refractivity contribution in [1.29, 1.82) is 5.26 Å². The topological polar surface area (TPSA) is 78.9 Å². The second kappa shape index (κ2) is 5.98. The molecule has 98 valence electrons. The summed E-state index contributed by atoms with van der Waals surface area (Å²) in [6.45, 7) is 8.08. The second-order valence-corrected chi connectivity index (χ2v) is 5.90. The minimum atomic E-state index is -0.223. The van der Waals surface area contributed by atoms with Crippen molar-refractivity contribution < 1.29 is 4.79 Å². The second-order valence-electron chi connectivity index (χ2n) is 4.67. The molecule has 1 atom stereocenters. The van der Waals surface area contributed by atoms with Crippen LogP contribution >= 0.6 is 11.3 Å². The van der Waals surface area contributed by atoms with Gasteiger partial charge in [-0.1, -0.05) is 13.8 Å². The molecule has 0 saturated heterocycles. The minimum absolute atomic E-state index is 0.106. The normalized spacial score (nSPS) is 12.3. The molecule has 1 heterocycles. The summed E-state index contributed by atoms with van der Waals surface area (Å²) in [5.41, 5.74) is 7.11. The van der Waals surface area contributed by atoms with Gasteiger partial charge in [0, 0.05) is 11.4 Å². The van der Waals surface area contributed by atoms with Gasteiger partial charge in [-0.15, -0.1) is 11.3 Å². The first-order valence-electron chi connectivity index (χ1n) is 5.93. The number of carbonyl (C=O) groups excluding carboxylic acids is 1. The molecule has 4 nitrogen and oxygen atoms in total. The fourth-order valence-electron chi connectivity index (χ4n) is 1.74. The molecule has 0 spiro atoms. The third-order valence-electron chi connectivity index (χ3n) is 3.13. The maximum atomic E-state index is 12.1. The smallest absolute Gasteiger partial charge is 0.229 e. The number of rotatable bonds is 4. The number of nitrogens with zero attached hydrogens (tertiary/aromatic N) is 1. The number of thiophene rings is 1. The van der Waals surface area contributed by atoms with Gasteiger partial charge in [-0.05, 0) is 25.3 Å². The number of nitriles is 1. The summed E-state index contributed by atoms with van der Waals surface area (Å²) in [7, 11) is 0. The standard InChI is InChI=1S/C13H19N3OS/c1-7(2)10(5-14)12(17)16-13-11(6-15)8(3)9(4)18-13/h7,10H,5,14H2,1-4H3,(H,16,17). The van der Waals surface area contributed by atoms with Crippen LogP contribution in [0.25, 0.3) is 0 Å². The molecule has 0 bridgehead atoms. The molecule has 0 radical (unpaired) electrons. The fraction of sp³-hybridized carbons (Fsp3) is 0.538. The molecule has 1 amide bonds. The van der Waals surface area contributed by atoms with E-state index in [1.54, 1.807) is 0 Å². The van der Waals surface area contributed by atoms with Gasteiger partial charge in [-0.3, -0.25) is 4.79 Å². The Balaban J connectivity index is 2.95. The van der Waals surface area contributed by atoms with Gasteiger partial charge in [0.1, 0.15) is 11.1 Å². The molecule has 5 heteroatoms. The Morgan fingerprint density at radius 2 is 2.11 bits per heavy atom. The number of hydrogen-bond acceptors (Lipinski definition) is 4. The van der Waals surface area contributed by atoms with Crippen LogP contribution < -0.4 is 11.1 Å². The molecule has 1 rings (SSSR count). The van der Waals surface area contributed by atoms with E-state index in [4.69, 9.17) is 11.0 Å². The first-order chi connectivity index (χ1) is 8.42. The monoisotopic (exact) mass is 265 g/mol. The predicted octanol–water partition coefficient (Wildman–Crippen LogP) is 2.41. The lowest BCUT2D eigenvalue weighted by Gasteiger charge is -2.17. The van der Waals surface area contributed by atoms with Crippen LogP contribution in [0.4, 0.5) is 5.00 Å². The van der Waals surface area contributed by atoms with Crippen molar-refractivity contribution in [2.24, 2.45) is 17.6 Å². The molecule has 0 fully saturated rings. The summed E-state index contributed by atoms with van der Waals surface area (Å²) in [5, 5.41) is 12.6. The molecule has 3 N–H and O–H groups in total. The number of amides is 1. The van der Waals surface area contributed by atoms with Crippen molar-refractivity contribution in [2.45, 2.75) is 27.7 Å². The summed E-state index contributed by atoms with van der Waals surface area (Å²) in [6.07, 6.45) is 0. The van der Waals surface area contributed by atoms with Crippen molar-refractivity contribution in [2.75, 3.05) is 11.9 Å². The fourth-order valence-corrected chi connectivity index (χ4v) is 2.75. The molecule has 1 unspecified atom stereocenters. The number of nitrogens with one attached hydrogen (secondary N) is 1. The molecule has 18 heavy (non-hydrogen) atoms. The number of anilines is 1. The van der Waals surface area contributed by atoms with Crippen LogP contribution in [-0.2, 0) is 4.79 Å². The largest absolute Gasteiger partial charge is 0.330 e. The third kappa shape index (κ3) is 2.89. The van der Waals surface area contributed by atoms with Gasteiger partial charge in [0.15, 0.2) is 0 Å². The van der Waals surface area contributed by atoms with E-state index in [1.165, 1.54) is 11.3 Å². The summed E-state index contributed by atoms with van der Waals surface area (Å²) < 4.78 is 0. The van der Waals surface area contributed by atoms with E-state index >= 15 is 0 Å². The van der Waals surface area contributed by atoms with Crippen LogP contribution in [-0.4, -0.2) is 12.5 Å². The molecule has 0 aromatic carbocycles. The summed E-state index contributed by atoms with van der Waals surface area (Å²) in [5.74, 6) is -0.146. The molecular weight excluding hydrogens is 246 g/mol. The first-order valence-corrected chi connectivity index (χ1v) is 6.75. The van der Waals surface area contributed by atoms with E-state index < -0.39 is 0 Å². The molecule has 0 saturated carbocycles. The van der Waals surface area contributed by atoms with Crippen LogP contribution in [0.15, 0.2) is 0 Å². The Morgan fingerprint density at radius 1 is 1.50 bits per heavy atom. The molecule has 1 aromatic rings. The van der Waals surface area contributed by atoms with Crippen LogP contribution in [0.3, 0.4) is 0 Å². The van der Waals surface area contributed by atoms with Crippen LogP contribution in [0.2, 0.25) is 0 Å². The van der Waals surface area contributed by atoms with E-state index in [2.05, 4.69) is 11.4 Å². The van der Waals surface area contributed by atoms with Gasteiger partial charge in [0.25, 0.3) is 0 Å². The molecule has 1 aromatic heterocycles. The van der Waals surface area contributed by atoms with Gasteiger partial charge in [-0.25, -0.2) is 0 Å². The summed E-state index contributed by atoms with van der Waals surface area (Å²) in [6, 6.07) is 2.14. The van der Waals surface area contributed by atoms with E-state index in [-0.39, 0.29) is 17.7 Å². The Kier molecular flexibility index (Phi) is 4.88. The van der Waals surface area contributed by atoms with Crippen molar-refractivity contribution >= 4 is 22.2 Å². The lowest BCUT2D eigenvalue weighted by Crippen LogP contribution is -2.33. The molecule has 0 aliphatic carbocycles. The molecule has 0 aliphatic rings. The van der Waals surface area contributed by atoms with Gasteiger partial charge in [0.05, 0.1) is 11.5 Å². The maximum Gasteiger partial charge on any atom is 0.229 e. The van der Waals surface area contributed by atoms with Gasteiger partial charge in [0.2, 0.25) is 5.91 Å². The van der Waals surface area contributed by atoms with Crippen molar-refractivity contribution in [3.05, 3.63) is 16.0 Å². The number of carbonyl (C=O) groups is 1. The average molecular weight is 265 g/mol. The predicted molar refractivity (Wildman–Crippen MR) is 74.5 cm³/mol. The SMILES string of the molecule is Cc1sc(NC(=O)C(CN)C(C)C)c(C#N)c1C. The lowest BCUT2D eigenvalue weighted by atomic mass is 9.95. The van der Waals surface area contributed by atoms with Gasteiger partial charge >= 0.3 is 0 Å². The Labute approximate surface area is 112 Å². The highest BCUT2D eigenvalue weighted by Crippen LogP contribution is 2.32. The van der Waals surface area contributed by atoms with Crippen molar-refractivity contribution in [3.63, 3.8) is 0 Å². The molecule has 0 aliphatic heterocycles. The number of hydrogen-bond donors (Lipinski definition) is 2. The first kappa shape index (κ1) is 14.7. The highest BCUT2D eigenvalue weighted by atomic mass is 32.1. The Bertz CT molecular complexity index is 485. The summed E-state index contributed by atoms with van der Waals surface area (Å²) in [4.78, 5) is 13.1. The maximum absolute atomic E-state index is 12.1. The molecular formula is C13H19N3OS. The minimum Gasteiger partial charge on any atom is -0.330 e. The van der Waals surface area contributed by atoms with Gasteiger partial charge < -0.3 is 11.1 Å². The zero-order chi connectivity index (χ0) is 13.9. The van der Waals surface area contributed by atoms with E-state index in [0.29, 0.717) is 17.1 Å².